The highest BCUT2D eigenvalue weighted by molar-refractivity contribution is 5.72. The third-order valence-electron chi connectivity index (χ3n) is 6.61. The molecule has 2 aliphatic heterocycles. The van der Waals surface area contributed by atoms with Gasteiger partial charge >= 0.3 is 12.3 Å². The highest BCUT2D eigenvalue weighted by atomic mass is 19.4. The molecule has 1 aliphatic carbocycles. The Kier molecular flexibility index (Phi) is 5.54. The van der Waals surface area contributed by atoms with Gasteiger partial charge in [0, 0.05) is 32.1 Å². The lowest BCUT2D eigenvalue weighted by Crippen LogP contribution is -2.48. The zero-order chi connectivity index (χ0) is 22.6. The van der Waals surface area contributed by atoms with Gasteiger partial charge in [-0.25, -0.2) is 4.79 Å². The number of halogens is 3. The summed E-state index contributed by atoms with van der Waals surface area (Å²) in [7, 11) is 1.72. The van der Waals surface area contributed by atoms with E-state index in [1.165, 1.54) is 0 Å². The molecule has 1 aromatic carbocycles. The average molecular weight is 441 g/mol. The summed E-state index contributed by atoms with van der Waals surface area (Å²) in [6.07, 6.45) is -1.03. The van der Waals surface area contributed by atoms with Gasteiger partial charge in [-0.3, -0.25) is 0 Å². The van der Waals surface area contributed by atoms with Crippen molar-refractivity contribution in [1.82, 2.24) is 4.90 Å². The number of carbonyl (C=O) groups is 1. The Bertz CT molecular complexity index is 846. The fraction of sp³-hybridized carbons (Fsp3) is 0.696. The van der Waals surface area contributed by atoms with Gasteiger partial charge in [-0.1, -0.05) is 6.42 Å². The minimum Gasteiger partial charge on any atom is -0.493 e. The van der Waals surface area contributed by atoms with Crippen LogP contribution in [0.2, 0.25) is 0 Å². The lowest BCUT2D eigenvalue weighted by Gasteiger charge is -2.38. The topological polar surface area (TPSA) is 42.0 Å². The van der Waals surface area contributed by atoms with Crippen molar-refractivity contribution in [2.75, 3.05) is 31.6 Å². The summed E-state index contributed by atoms with van der Waals surface area (Å²) in [5.41, 5.74) is -0.456. The van der Waals surface area contributed by atoms with Gasteiger partial charge in [0.05, 0.1) is 17.9 Å². The number of carbonyl (C=O) groups excluding carboxylic acids is 1. The molecular weight excluding hydrogens is 409 g/mol. The number of amides is 1. The number of fused-ring (bicyclic) bond motifs is 3. The van der Waals surface area contributed by atoms with Crippen LogP contribution in [-0.2, 0) is 10.9 Å². The number of anilines is 1. The minimum absolute atomic E-state index is 0.0864. The van der Waals surface area contributed by atoms with Gasteiger partial charge in [-0.15, -0.1) is 0 Å². The molecule has 0 bridgehead atoms. The third kappa shape index (κ3) is 4.44. The maximum Gasteiger partial charge on any atom is 0.418 e. The molecule has 2 fully saturated rings. The maximum atomic E-state index is 14.0. The summed E-state index contributed by atoms with van der Waals surface area (Å²) >= 11 is 0. The first-order chi connectivity index (χ1) is 14.4. The summed E-state index contributed by atoms with van der Waals surface area (Å²) in [5.74, 6) is 0.478. The molecule has 5 nitrogen and oxygen atoms in total. The van der Waals surface area contributed by atoms with Crippen LogP contribution < -0.4 is 9.64 Å². The zero-order valence-corrected chi connectivity index (χ0v) is 18.6. The van der Waals surface area contributed by atoms with Gasteiger partial charge in [0.15, 0.2) is 0 Å². The molecule has 0 radical (unpaired) electrons. The number of rotatable bonds is 3. The molecule has 0 N–H and O–H groups in total. The molecule has 2 unspecified atom stereocenters. The van der Waals surface area contributed by atoms with Crippen molar-refractivity contribution in [3.63, 3.8) is 0 Å². The quantitative estimate of drug-likeness (QED) is 0.629. The van der Waals surface area contributed by atoms with Crippen LogP contribution in [0, 0.1) is 5.92 Å². The van der Waals surface area contributed by atoms with Crippen LogP contribution in [0.15, 0.2) is 12.1 Å². The molecule has 0 aromatic heterocycles. The van der Waals surface area contributed by atoms with Crippen molar-refractivity contribution in [2.45, 2.75) is 70.2 Å². The van der Waals surface area contributed by atoms with Gasteiger partial charge in [-0.2, -0.15) is 13.2 Å². The van der Waals surface area contributed by atoms with E-state index in [-0.39, 0.29) is 23.4 Å². The van der Waals surface area contributed by atoms with E-state index < -0.39 is 23.4 Å². The van der Waals surface area contributed by atoms with Crippen molar-refractivity contribution in [3.05, 3.63) is 23.3 Å². The Morgan fingerprint density at radius 1 is 1.16 bits per heavy atom. The number of benzene rings is 1. The Morgan fingerprint density at radius 2 is 1.87 bits per heavy atom. The number of ether oxygens (including phenoxy) is 2. The van der Waals surface area contributed by atoms with Gasteiger partial charge in [0.2, 0.25) is 0 Å². The molecule has 31 heavy (non-hydrogen) atoms. The Hall–Kier alpha value is -2.12. The number of hydrogen-bond acceptors (Lipinski definition) is 4. The second-order valence-corrected chi connectivity index (χ2v) is 10.0. The molecule has 3 aliphatic rings. The zero-order valence-electron chi connectivity index (χ0n) is 18.6. The molecule has 2 atom stereocenters. The average Bonchev–Trinajstić information content (AvgIpc) is 2.90. The lowest BCUT2D eigenvalue weighted by atomic mass is 9.86. The predicted molar refractivity (Wildman–Crippen MR) is 112 cm³/mol. The molecule has 1 amide bonds. The Morgan fingerprint density at radius 3 is 2.45 bits per heavy atom. The van der Waals surface area contributed by atoms with Gasteiger partial charge in [0.25, 0.3) is 0 Å². The highest BCUT2D eigenvalue weighted by Gasteiger charge is 2.47. The molecule has 4 rings (SSSR count). The third-order valence-corrected chi connectivity index (χ3v) is 6.61. The van der Waals surface area contributed by atoms with E-state index in [4.69, 9.17) is 9.47 Å². The van der Waals surface area contributed by atoms with Crippen LogP contribution in [0.3, 0.4) is 0 Å². The molecule has 172 valence electrons. The van der Waals surface area contributed by atoms with E-state index in [1.54, 1.807) is 43.7 Å². The van der Waals surface area contributed by atoms with E-state index in [9.17, 15) is 18.0 Å². The molecule has 8 heteroatoms. The number of nitrogens with zero attached hydrogens (tertiary/aromatic N) is 2. The van der Waals surface area contributed by atoms with Gasteiger partial charge < -0.3 is 19.3 Å². The number of likely N-dealkylation sites (N-methyl/N-ethyl adjacent to an activating group) is 1. The van der Waals surface area contributed by atoms with Crippen LogP contribution in [0.4, 0.5) is 23.7 Å². The fourth-order valence-electron chi connectivity index (χ4n) is 4.85. The summed E-state index contributed by atoms with van der Waals surface area (Å²) in [4.78, 5) is 15.9. The first kappa shape index (κ1) is 22.1. The summed E-state index contributed by atoms with van der Waals surface area (Å²) in [5, 5.41) is 0. The highest BCUT2D eigenvalue weighted by Crippen LogP contribution is 2.51. The van der Waals surface area contributed by atoms with Crippen LogP contribution in [-0.4, -0.2) is 49.4 Å². The largest absolute Gasteiger partial charge is 0.493 e. The molecule has 0 spiro atoms. The predicted octanol–water partition coefficient (Wildman–Crippen LogP) is 5.43. The molecule has 2 heterocycles. The van der Waals surface area contributed by atoms with E-state index in [1.807, 2.05) is 0 Å². The van der Waals surface area contributed by atoms with Crippen LogP contribution in [0.25, 0.3) is 0 Å². The Balaban J connectivity index is 1.64. The number of hydrogen-bond donors (Lipinski definition) is 0. The van der Waals surface area contributed by atoms with Crippen LogP contribution >= 0.6 is 0 Å². The number of alkyl halides is 3. The van der Waals surface area contributed by atoms with Crippen LogP contribution in [0.5, 0.6) is 5.75 Å². The number of likely N-dealkylation sites (tertiary alicyclic amines) is 1. The van der Waals surface area contributed by atoms with Gasteiger partial charge in [0.1, 0.15) is 11.4 Å². The van der Waals surface area contributed by atoms with Crippen LogP contribution in [0.1, 0.15) is 63.5 Å². The summed E-state index contributed by atoms with van der Waals surface area (Å²) in [6.45, 7) is 6.65. The SMILES string of the molecule is CN1c2c(cc(OCC3CCC3)cc2C(F)(F)F)C2CN(C(=O)OC(C)(C)C)CCC21. The van der Waals surface area contributed by atoms with E-state index >= 15 is 0 Å². The maximum absolute atomic E-state index is 14.0. The molecule has 1 saturated carbocycles. The summed E-state index contributed by atoms with van der Waals surface area (Å²) in [6, 6.07) is 2.80. The lowest BCUT2D eigenvalue weighted by molar-refractivity contribution is -0.137. The minimum atomic E-state index is -4.48. The first-order valence-corrected chi connectivity index (χ1v) is 11.0. The first-order valence-electron chi connectivity index (χ1n) is 11.0. The van der Waals surface area contributed by atoms with Crippen molar-refractivity contribution < 1.29 is 27.4 Å². The molecule has 1 aromatic rings. The Labute approximate surface area is 181 Å². The number of piperidine rings is 1. The van der Waals surface area contributed by atoms with Gasteiger partial charge in [-0.05, 0) is 63.6 Å². The molecular formula is C23H31F3N2O3. The van der Waals surface area contributed by atoms with Crippen molar-refractivity contribution in [3.8, 4) is 5.75 Å². The monoisotopic (exact) mass is 440 g/mol. The standard InChI is InChI=1S/C23H31F3N2O3/c1-22(2,3)31-21(29)28-9-8-19-17(12-28)16-10-15(30-13-14-6-5-7-14)11-18(23(24,25)26)20(16)27(19)4/h10-11,14,17,19H,5-9,12-13H2,1-4H3. The van der Waals surface area contributed by atoms with E-state index in [0.29, 0.717) is 37.6 Å². The fourth-order valence-corrected chi connectivity index (χ4v) is 4.85. The van der Waals surface area contributed by atoms with Crippen molar-refractivity contribution >= 4 is 11.8 Å². The smallest absolute Gasteiger partial charge is 0.418 e. The van der Waals surface area contributed by atoms with Crippen molar-refractivity contribution in [1.29, 1.82) is 0 Å². The summed E-state index contributed by atoms with van der Waals surface area (Å²) < 4.78 is 53.2. The van der Waals surface area contributed by atoms with Crippen molar-refractivity contribution in [2.24, 2.45) is 5.92 Å². The normalized spacial score (nSPS) is 23.8. The molecule has 1 saturated heterocycles. The van der Waals surface area contributed by atoms with E-state index in [0.717, 1.165) is 25.3 Å². The second kappa shape index (κ2) is 7.78. The second-order valence-electron chi connectivity index (χ2n) is 10.0. The van der Waals surface area contributed by atoms with E-state index in [2.05, 4.69) is 0 Å².